The molecule has 3 aromatic rings. The van der Waals surface area contributed by atoms with Crippen LogP contribution in [0.15, 0.2) is 67.4 Å². The number of nitrogens with one attached hydrogen (secondary N) is 1. The summed E-state index contributed by atoms with van der Waals surface area (Å²) in [4.78, 5) is 32.4. The average Bonchev–Trinajstić information content (AvgIpc) is 3.06. The highest BCUT2D eigenvalue weighted by Crippen LogP contribution is 2.26. The lowest BCUT2D eigenvalue weighted by Crippen LogP contribution is -2.49. The minimum atomic E-state index is -0.475. The Morgan fingerprint density at radius 3 is 2.09 bits per heavy atom. The van der Waals surface area contributed by atoms with E-state index in [1.165, 1.54) is 18.2 Å². The molecule has 44 heavy (non-hydrogen) atoms. The van der Waals surface area contributed by atoms with E-state index in [0.29, 0.717) is 60.7 Å². The van der Waals surface area contributed by atoms with Gasteiger partial charge in [0.2, 0.25) is 5.91 Å². The van der Waals surface area contributed by atoms with Crippen molar-refractivity contribution in [3.05, 3.63) is 101 Å². The van der Waals surface area contributed by atoms with E-state index in [4.69, 9.17) is 4.74 Å². The van der Waals surface area contributed by atoms with Crippen molar-refractivity contribution >= 4 is 17.6 Å². The van der Waals surface area contributed by atoms with Crippen molar-refractivity contribution in [1.29, 1.82) is 0 Å². The van der Waals surface area contributed by atoms with Crippen LogP contribution < -0.4 is 10.1 Å². The highest BCUT2D eigenvalue weighted by molar-refractivity contribution is 6.04. The van der Waals surface area contributed by atoms with Gasteiger partial charge in [0.1, 0.15) is 29.3 Å². The summed E-state index contributed by atoms with van der Waals surface area (Å²) in [5.41, 5.74) is 2.13. The summed E-state index contributed by atoms with van der Waals surface area (Å²) in [5, 5.41) is 2.68. The van der Waals surface area contributed by atoms with Crippen molar-refractivity contribution in [2.24, 2.45) is 0 Å². The predicted molar refractivity (Wildman–Crippen MR) is 175 cm³/mol. The van der Waals surface area contributed by atoms with Crippen LogP contribution in [0.5, 0.6) is 5.75 Å². The number of anilines is 1. The molecule has 1 aromatic heterocycles. The molecule has 7 nitrogen and oxygen atoms in total. The summed E-state index contributed by atoms with van der Waals surface area (Å²) in [6.45, 7) is 21.9. The van der Waals surface area contributed by atoms with Crippen LogP contribution in [0.2, 0.25) is 0 Å². The van der Waals surface area contributed by atoms with Gasteiger partial charge in [0.15, 0.2) is 0 Å². The molecule has 1 aliphatic rings. The smallest absolute Gasteiger partial charge is 0.256 e. The maximum atomic E-state index is 14.4. The second-order valence-corrected chi connectivity index (χ2v) is 9.24. The van der Waals surface area contributed by atoms with Gasteiger partial charge in [-0.05, 0) is 73.0 Å². The van der Waals surface area contributed by atoms with Gasteiger partial charge >= 0.3 is 0 Å². The van der Waals surface area contributed by atoms with Gasteiger partial charge in [0.05, 0.1) is 6.20 Å². The van der Waals surface area contributed by atoms with Crippen LogP contribution in [0.3, 0.4) is 0 Å². The number of benzene rings is 2. The Bertz CT molecular complexity index is 1320. The molecule has 2 heterocycles. The summed E-state index contributed by atoms with van der Waals surface area (Å²) < 4.78 is 34.0. The number of halogens is 2. The van der Waals surface area contributed by atoms with Crippen LogP contribution in [-0.2, 0) is 4.79 Å². The van der Waals surface area contributed by atoms with E-state index in [0.717, 1.165) is 6.20 Å². The maximum Gasteiger partial charge on any atom is 0.256 e. The number of pyridine rings is 1. The first-order chi connectivity index (χ1) is 21.2. The topological polar surface area (TPSA) is 74.8 Å². The Balaban J connectivity index is 0.00000152. The van der Waals surface area contributed by atoms with Crippen LogP contribution in [0, 0.1) is 25.5 Å². The summed E-state index contributed by atoms with van der Waals surface area (Å²) in [5.74, 6) is -0.459. The average molecular weight is 611 g/mol. The molecule has 1 unspecified atom stereocenters. The monoisotopic (exact) mass is 610 g/mol. The minimum absolute atomic E-state index is 0.0902. The van der Waals surface area contributed by atoms with Gasteiger partial charge in [-0.2, -0.15) is 0 Å². The SMILES string of the molecule is C=CC(=O)N1CCN(CC(Oc2ccc(C(=O)Nc3ncc(F)cc3C)cc2)c2ccc(C)c(F)c2)CC1.CC.CC.CC. The number of carbonyl (C=O) groups is 2. The fourth-order valence-corrected chi connectivity index (χ4v) is 4.23. The number of nitrogens with zero attached hydrogens (tertiary/aromatic N) is 3. The number of aromatic nitrogens is 1. The second-order valence-electron chi connectivity index (χ2n) is 9.24. The third kappa shape index (κ3) is 11.2. The molecule has 2 amide bonds. The van der Waals surface area contributed by atoms with Crippen LogP contribution in [-0.4, -0.2) is 59.3 Å². The van der Waals surface area contributed by atoms with Gasteiger partial charge in [-0.15, -0.1) is 0 Å². The highest BCUT2D eigenvalue weighted by atomic mass is 19.1. The van der Waals surface area contributed by atoms with Gasteiger partial charge in [-0.25, -0.2) is 13.8 Å². The van der Waals surface area contributed by atoms with E-state index in [2.05, 4.69) is 21.8 Å². The predicted octanol–water partition coefficient (Wildman–Crippen LogP) is 7.76. The lowest BCUT2D eigenvalue weighted by molar-refractivity contribution is -0.127. The fraction of sp³-hybridized carbons (Fsp3) is 0.400. The molecular formula is C35H48F2N4O3. The van der Waals surface area contributed by atoms with Crippen molar-refractivity contribution in [3.63, 3.8) is 0 Å². The van der Waals surface area contributed by atoms with Crippen molar-refractivity contribution in [3.8, 4) is 5.75 Å². The molecule has 1 atom stereocenters. The zero-order valence-electron chi connectivity index (χ0n) is 27.4. The number of aryl methyl sites for hydroxylation is 2. The molecule has 0 saturated carbocycles. The first-order valence-electron chi connectivity index (χ1n) is 15.3. The molecule has 0 bridgehead atoms. The first-order valence-corrected chi connectivity index (χ1v) is 15.3. The van der Waals surface area contributed by atoms with Gasteiger partial charge < -0.3 is 15.0 Å². The quantitative estimate of drug-likeness (QED) is 0.264. The van der Waals surface area contributed by atoms with E-state index in [9.17, 15) is 18.4 Å². The Morgan fingerprint density at radius 2 is 1.55 bits per heavy atom. The number of rotatable bonds is 8. The third-order valence-electron chi connectivity index (χ3n) is 6.52. The molecule has 240 valence electrons. The van der Waals surface area contributed by atoms with E-state index in [1.54, 1.807) is 49.1 Å². The summed E-state index contributed by atoms with van der Waals surface area (Å²) >= 11 is 0. The van der Waals surface area contributed by atoms with Crippen LogP contribution in [0.1, 0.15) is 74.7 Å². The largest absolute Gasteiger partial charge is 0.484 e. The molecule has 0 radical (unpaired) electrons. The summed E-state index contributed by atoms with van der Waals surface area (Å²) in [6, 6.07) is 12.9. The molecule has 1 aliphatic heterocycles. The lowest BCUT2D eigenvalue weighted by atomic mass is 10.1. The Hall–Kier alpha value is -4.11. The summed E-state index contributed by atoms with van der Waals surface area (Å²) in [6.07, 6.45) is 1.89. The fourth-order valence-electron chi connectivity index (χ4n) is 4.23. The molecule has 1 saturated heterocycles. The van der Waals surface area contributed by atoms with E-state index < -0.39 is 11.9 Å². The Labute approximate surface area is 261 Å². The summed E-state index contributed by atoms with van der Waals surface area (Å²) in [7, 11) is 0. The van der Waals surface area contributed by atoms with Crippen molar-refractivity contribution < 1.29 is 23.1 Å². The van der Waals surface area contributed by atoms with E-state index >= 15 is 0 Å². The third-order valence-corrected chi connectivity index (χ3v) is 6.52. The number of ether oxygens (including phenoxy) is 1. The van der Waals surface area contributed by atoms with Crippen LogP contribution >= 0.6 is 0 Å². The zero-order valence-corrected chi connectivity index (χ0v) is 27.4. The zero-order chi connectivity index (χ0) is 33.2. The van der Waals surface area contributed by atoms with Gasteiger partial charge in [-0.1, -0.05) is 60.3 Å². The molecule has 1 fully saturated rings. The van der Waals surface area contributed by atoms with Crippen molar-refractivity contribution in [2.45, 2.75) is 61.5 Å². The Kier molecular flexibility index (Phi) is 17.2. The minimum Gasteiger partial charge on any atom is -0.484 e. The molecule has 0 aliphatic carbocycles. The van der Waals surface area contributed by atoms with Crippen LogP contribution in [0.25, 0.3) is 0 Å². The van der Waals surface area contributed by atoms with Crippen molar-refractivity contribution in [2.75, 3.05) is 38.0 Å². The number of hydrogen-bond acceptors (Lipinski definition) is 5. The first kappa shape index (κ1) is 37.9. The lowest BCUT2D eigenvalue weighted by Gasteiger charge is -2.36. The molecule has 4 rings (SSSR count). The number of carbonyl (C=O) groups excluding carboxylic acids is 2. The Morgan fingerprint density at radius 1 is 0.932 bits per heavy atom. The number of piperazine rings is 1. The number of amides is 2. The van der Waals surface area contributed by atoms with E-state index in [-0.39, 0.29) is 23.4 Å². The van der Waals surface area contributed by atoms with Gasteiger partial charge in [0, 0.05) is 38.3 Å². The molecular weight excluding hydrogens is 562 g/mol. The van der Waals surface area contributed by atoms with Crippen LogP contribution in [0.4, 0.5) is 14.6 Å². The van der Waals surface area contributed by atoms with Gasteiger partial charge in [-0.3, -0.25) is 14.5 Å². The molecule has 2 aromatic carbocycles. The maximum absolute atomic E-state index is 14.4. The molecule has 9 heteroatoms. The standard InChI is InChI=1S/C29H30F2N4O3.3C2H6/c1-4-27(36)35-13-11-34(12-14-35)18-26(22-6-5-19(2)25(31)16-22)38-24-9-7-21(8-10-24)29(37)33-28-20(3)15-23(30)17-32-28;3*1-2/h4-10,15-17,26H,1,11-14,18H2,2-3H3,(H,32,33,37);3*1-2H3. The molecule has 0 spiro atoms. The van der Waals surface area contributed by atoms with Crippen molar-refractivity contribution in [1.82, 2.24) is 14.8 Å². The number of hydrogen-bond donors (Lipinski definition) is 1. The normalized spacial score (nSPS) is 13.0. The van der Waals surface area contributed by atoms with Gasteiger partial charge in [0.25, 0.3) is 5.91 Å². The highest BCUT2D eigenvalue weighted by Gasteiger charge is 2.24. The van der Waals surface area contributed by atoms with E-state index in [1.807, 2.05) is 47.6 Å². The molecule has 1 N–H and O–H groups in total. The second kappa shape index (κ2) is 20.0.